The summed E-state index contributed by atoms with van der Waals surface area (Å²) in [5.41, 5.74) is 1.31. The third-order valence-electron chi connectivity index (χ3n) is 4.19. The van der Waals surface area contributed by atoms with E-state index >= 15 is 0 Å². The average Bonchev–Trinajstić information content (AvgIpc) is 2.72. The predicted molar refractivity (Wildman–Crippen MR) is 74.7 cm³/mol. The molecule has 17 heavy (non-hydrogen) atoms. The Labute approximate surface area is 105 Å². The molecule has 1 aliphatic rings. The summed E-state index contributed by atoms with van der Waals surface area (Å²) in [6.45, 7) is 4.85. The molecule has 0 amide bonds. The van der Waals surface area contributed by atoms with Gasteiger partial charge in [0.1, 0.15) is 0 Å². The lowest BCUT2D eigenvalue weighted by Gasteiger charge is -2.34. The normalized spacial score (nSPS) is 28.9. The number of rotatable bonds is 4. The fourth-order valence-electron chi connectivity index (χ4n) is 3.06. The maximum Gasteiger partial charge on any atom is 0.0977 e. The van der Waals surface area contributed by atoms with Crippen LogP contribution in [0.2, 0.25) is 0 Å². The molecule has 1 nitrogen and oxygen atoms in total. The van der Waals surface area contributed by atoms with E-state index in [-0.39, 0.29) is 0 Å². The Balaban J connectivity index is 1.95. The highest BCUT2D eigenvalue weighted by Crippen LogP contribution is 2.26. The number of benzene rings is 1. The standard InChI is InChI=1S/C16H24N/c1-3-16-12-8-14-17(16,2)13-7-11-15-9-5-4-6-10-15/h4-7,9-11,16H,3,8,12-14H2,1-2H3/q+1/b11-7+/t16-,17?/m0/s1. The molecule has 2 rings (SSSR count). The highest BCUT2D eigenvalue weighted by atomic mass is 15.4. The van der Waals surface area contributed by atoms with E-state index in [9.17, 15) is 0 Å². The second-order valence-corrected chi connectivity index (χ2v) is 5.40. The topological polar surface area (TPSA) is 0 Å². The van der Waals surface area contributed by atoms with Crippen LogP contribution in [-0.2, 0) is 0 Å². The summed E-state index contributed by atoms with van der Waals surface area (Å²) < 4.78 is 1.24. The van der Waals surface area contributed by atoms with Crippen LogP contribution in [0.1, 0.15) is 31.7 Å². The fourth-order valence-corrected chi connectivity index (χ4v) is 3.06. The molecule has 1 heterocycles. The van der Waals surface area contributed by atoms with Crippen molar-refractivity contribution in [2.75, 3.05) is 20.1 Å². The summed E-state index contributed by atoms with van der Waals surface area (Å²) in [5, 5.41) is 0. The van der Waals surface area contributed by atoms with Gasteiger partial charge in [0, 0.05) is 12.8 Å². The minimum absolute atomic E-state index is 0.871. The highest BCUT2D eigenvalue weighted by Gasteiger charge is 2.35. The zero-order valence-electron chi connectivity index (χ0n) is 11.1. The second kappa shape index (κ2) is 5.50. The van der Waals surface area contributed by atoms with Crippen LogP contribution in [-0.4, -0.2) is 30.7 Å². The van der Waals surface area contributed by atoms with E-state index < -0.39 is 0 Å². The van der Waals surface area contributed by atoms with E-state index in [1.165, 1.54) is 42.4 Å². The lowest BCUT2D eigenvalue weighted by atomic mass is 10.1. The van der Waals surface area contributed by atoms with Crippen molar-refractivity contribution in [2.24, 2.45) is 0 Å². The Morgan fingerprint density at radius 1 is 1.29 bits per heavy atom. The first-order valence-corrected chi connectivity index (χ1v) is 6.80. The van der Waals surface area contributed by atoms with Crippen molar-refractivity contribution in [1.29, 1.82) is 0 Å². The molecule has 0 radical (unpaired) electrons. The molecule has 1 saturated heterocycles. The first-order valence-electron chi connectivity index (χ1n) is 6.80. The van der Waals surface area contributed by atoms with Crippen molar-refractivity contribution >= 4 is 6.08 Å². The maximum atomic E-state index is 2.41. The fraction of sp³-hybridized carbons (Fsp3) is 0.500. The summed E-state index contributed by atoms with van der Waals surface area (Å²) in [5.74, 6) is 0. The minimum Gasteiger partial charge on any atom is -0.320 e. The lowest BCUT2D eigenvalue weighted by Crippen LogP contribution is -2.47. The SMILES string of the molecule is CC[C@H]1CCC[N+]1(C)C/C=C/c1ccccc1. The molecular formula is C16H24N+. The van der Waals surface area contributed by atoms with Crippen molar-refractivity contribution < 1.29 is 4.48 Å². The van der Waals surface area contributed by atoms with Crippen molar-refractivity contribution in [1.82, 2.24) is 0 Å². The van der Waals surface area contributed by atoms with Crippen molar-refractivity contribution in [2.45, 2.75) is 32.2 Å². The summed E-state index contributed by atoms with van der Waals surface area (Å²) in [6.07, 6.45) is 8.73. The second-order valence-electron chi connectivity index (χ2n) is 5.40. The quantitative estimate of drug-likeness (QED) is 0.692. The molecule has 1 heteroatoms. The van der Waals surface area contributed by atoms with E-state index in [2.05, 4.69) is 56.5 Å². The minimum atomic E-state index is 0.871. The number of hydrogen-bond acceptors (Lipinski definition) is 0. The van der Waals surface area contributed by atoms with E-state index in [1.807, 2.05) is 0 Å². The van der Waals surface area contributed by atoms with Crippen molar-refractivity contribution in [3.63, 3.8) is 0 Å². The summed E-state index contributed by atoms with van der Waals surface area (Å²) in [7, 11) is 2.41. The van der Waals surface area contributed by atoms with Crippen LogP contribution < -0.4 is 0 Å². The van der Waals surface area contributed by atoms with Gasteiger partial charge >= 0.3 is 0 Å². The number of quaternary nitrogens is 1. The maximum absolute atomic E-state index is 2.41. The molecule has 0 bridgehead atoms. The molecular weight excluding hydrogens is 206 g/mol. The molecule has 1 unspecified atom stereocenters. The molecule has 0 aliphatic carbocycles. The van der Waals surface area contributed by atoms with Gasteiger partial charge in [0.2, 0.25) is 0 Å². The van der Waals surface area contributed by atoms with Crippen molar-refractivity contribution in [3.8, 4) is 0 Å². The third-order valence-corrected chi connectivity index (χ3v) is 4.19. The van der Waals surface area contributed by atoms with Gasteiger partial charge in [0.25, 0.3) is 0 Å². The van der Waals surface area contributed by atoms with Gasteiger partial charge in [-0.15, -0.1) is 0 Å². The number of likely N-dealkylation sites (N-methyl/N-ethyl adjacent to an activating group) is 1. The molecule has 1 aromatic carbocycles. The van der Waals surface area contributed by atoms with Gasteiger partial charge in [-0.05, 0) is 18.1 Å². The van der Waals surface area contributed by atoms with Gasteiger partial charge in [0.05, 0.1) is 26.2 Å². The van der Waals surface area contributed by atoms with Gasteiger partial charge < -0.3 is 4.48 Å². The number of hydrogen-bond donors (Lipinski definition) is 0. The molecule has 1 aliphatic heterocycles. The van der Waals surface area contributed by atoms with Gasteiger partial charge in [-0.2, -0.15) is 0 Å². The monoisotopic (exact) mass is 230 g/mol. The molecule has 0 saturated carbocycles. The van der Waals surface area contributed by atoms with E-state index in [4.69, 9.17) is 0 Å². The van der Waals surface area contributed by atoms with Crippen molar-refractivity contribution in [3.05, 3.63) is 42.0 Å². The van der Waals surface area contributed by atoms with Gasteiger partial charge in [0.15, 0.2) is 0 Å². The predicted octanol–water partition coefficient (Wildman–Crippen LogP) is 3.72. The number of likely N-dealkylation sites (tertiary alicyclic amines) is 1. The summed E-state index contributed by atoms with van der Waals surface area (Å²) in [6, 6.07) is 11.5. The lowest BCUT2D eigenvalue weighted by molar-refractivity contribution is -0.915. The zero-order chi connectivity index (χ0) is 12.1. The van der Waals surface area contributed by atoms with Crippen LogP contribution in [0.5, 0.6) is 0 Å². The summed E-state index contributed by atoms with van der Waals surface area (Å²) >= 11 is 0. The van der Waals surface area contributed by atoms with Gasteiger partial charge in [-0.25, -0.2) is 0 Å². The molecule has 0 spiro atoms. The Hall–Kier alpha value is -1.08. The number of nitrogens with zero attached hydrogens (tertiary/aromatic N) is 1. The third kappa shape index (κ3) is 2.98. The van der Waals surface area contributed by atoms with Crippen LogP contribution in [0, 0.1) is 0 Å². The molecule has 0 aromatic heterocycles. The first kappa shape index (κ1) is 12.4. The Kier molecular flexibility index (Phi) is 4.01. The molecule has 1 aromatic rings. The Morgan fingerprint density at radius 3 is 2.76 bits per heavy atom. The Morgan fingerprint density at radius 2 is 2.06 bits per heavy atom. The first-order chi connectivity index (χ1) is 8.24. The van der Waals surface area contributed by atoms with Gasteiger partial charge in [-0.1, -0.05) is 43.3 Å². The van der Waals surface area contributed by atoms with E-state index in [0.717, 1.165) is 6.04 Å². The average molecular weight is 230 g/mol. The van der Waals surface area contributed by atoms with Crippen LogP contribution in [0.25, 0.3) is 6.08 Å². The van der Waals surface area contributed by atoms with E-state index in [1.54, 1.807) is 0 Å². The summed E-state index contributed by atoms with van der Waals surface area (Å²) in [4.78, 5) is 0. The molecule has 1 fully saturated rings. The van der Waals surface area contributed by atoms with Crippen LogP contribution in [0.4, 0.5) is 0 Å². The smallest absolute Gasteiger partial charge is 0.0977 e. The Bertz CT molecular complexity index is 368. The highest BCUT2D eigenvalue weighted by molar-refractivity contribution is 5.48. The van der Waals surface area contributed by atoms with Crippen LogP contribution >= 0.6 is 0 Å². The molecule has 0 N–H and O–H groups in total. The zero-order valence-corrected chi connectivity index (χ0v) is 11.1. The largest absolute Gasteiger partial charge is 0.320 e. The van der Waals surface area contributed by atoms with E-state index in [0.29, 0.717) is 0 Å². The van der Waals surface area contributed by atoms with Gasteiger partial charge in [-0.3, -0.25) is 0 Å². The van der Waals surface area contributed by atoms with Crippen LogP contribution in [0.3, 0.4) is 0 Å². The van der Waals surface area contributed by atoms with Crippen LogP contribution in [0.15, 0.2) is 36.4 Å². The molecule has 92 valence electrons. The molecule has 2 atom stereocenters.